The van der Waals surface area contributed by atoms with Crippen molar-refractivity contribution in [1.29, 1.82) is 0 Å². The first kappa shape index (κ1) is 15.7. The Morgan fingerprint density at radius 1 is 1.50 bits per heavy atom. The van der Waals surface area contributed by atoms with Crippen molar-refractivity contribution >= 4 is 40.8 Å². The summed E-state index contributed by atoms with van der Waals surface area (Å²) in [6.45, 7) is 5.00. The van der Waals surface area contributed by atoms with Crippen LogP contribution in [-0.2, 0) is 9.53 Å². The summed E-state index contributed by atoms with van der Waals surface area (Å²) < 4.78 is 6.66. The van der Waals surface area contributed by atoms with Crippen molar-refractivity contribution in [3.63, 3.8) is 0 Å². The van der Waals surface area contributed by atoms with Crippen molar-refractivity contribution in [2.45, 2.75) is 27.8 Å². The molecule has 1 aromatic rings. The highest BCUT2D eigenvalue weighted by Crippen LogP contribution is 2.30. The molecular formula is C10H17N3O2S3. The first-order valence-electron chi connectivity index (χ1n) is 5.57. The summed E-state index contributed by atoms with van der Waals surface area (Å²) in [7, 11) is 1.61. The predicted octanol–water partition coefficient (Wildman–Crippen LogP) is 1.89. The molecule has 8 heteroatoms. The number of hydrogen-bond donors (Lipinski definition) is 1. The highest BCUT2D eigenvalue weighted by Gasteiger charge is 2.16. The van der Waals surface area contributed by atoms with Gasteiger partial charge in [0, 0.05) is 13.7 Å². The van der Waals surface area contributed by atoms with Crippen LogP contribution in [0.2, 0.25) is 0 Å². The standard InChI is InChI=1S/C10H17N3O2S3/c1-4-16-9-12-13-10(18-9)17-7(2)8(14)11-5-6-15-3/h7H,4-6H2,1-3H3,(H,11,14)/t7-/m1/s1. The Labute approximate surface area is 119 Å². The molecule has 0 spiro atoms. The molecule has 0 aliphatic rings. The molecule has 0 fully saturated rings. The summed E-state index contributed by atoms with van der Waals surface area (Å²) >= 11 is 4.63. The molecule has 1 heterocycles. The average molecular weight is 307 g/mol. The van der Waals surface area contributed by atoms with Crippen LogP contribution in [0.25, 0.3) is 0 Å². The minimum atomic E-state index is -0.172. The normalized spacial score (nSPS) is 12.4. The van der Waals surface area contributed by atoms with Crippen molar-refractivity contribution in [2.75, 3.05) is 26.0 Å². The van der Waals surface area contributed by atoms with E-state index in [1.54, 1.807) is 18.9 Å². The number of hydrogen-bond acceptors (Lipinski definition) is 7. The summed E-state index contributed by atoms with van der Waals surface area (Å²) in [5.41, 5.74) is 0. The third-order valence-electron chi connectivity index (χ3n) is 1.91. The molecule has 0 aromatic carbocycles. The molecule has 1 N–H and O–H groups in total. The molecule has 0 saturated carbocycles. The van der Waals surface area contributed by atoms with E-state index in [0.717, 1.165) is 14.4 Å². The maximum Gasteiger partial charge on any atom is 0.233 e. The zero-order valence-corrected chi connectivity index (χ0v) is 13.1. The van der Waals surface area contributed by atoms with Crippen LogP contribution in [0.15, 0.2) is 8.68 Å². The highest BCUT2D eigenvalue weighted by molar-refractivity contribution is 8.03. The number of methoxy groups -OCH3 is 1. The number of thioether (sulfide) groups is 2. The van der Waals surface area contributed by atoms with E-state index in [2.05, 4.69) is 22.4 Å². The number of aromatic nitrogens is 2. The summed E-state index contributed by atoms with van der Waals surface area (Å²) in [5.74, 6) is 0.976. The van der Waals surface area contributed by atoms with Gasteiger partial charge in [0.05, 0.1) is 11.9 Å². The molecule has 0 aliphatic heterocycles. The van der Waals surface area contributed by atoms with Gasteiger partial charge in [-0.3, -0.25) is 4.79 Å². The average Bonchev–Trinajstić information content (AvgIpc) is 2.77. The summed E-state index contributed by atoms with van der Waals surface area (Å²) in [6, 6.07) is 0. The first-order valence-corrected chi connectivity index (χ1v) is 8.25. The van der Waals surface area contributed by atoms with Gasteiger partial charge in [0.1, 0.15) is 0 Å². The molecule has 1 rings (SSSR count). The molecule has 0 saturated heterocycles. The maximum absolute atomic E-state index is 11.7. The van der Waals surface area contributed by atoms with Gasteiger partial charge in [-0.05, 0) is 12.7 Å². The van der Waals surface area contributed by atoms with Crippen molar-refractivity contribution < 1.29 is 9.53 Å². The Balaban J connectivity index is 2.37. The van der Waals surface area contributed by atoms with E-state index in [0.29, 0.717) is 13.2 Å². The van der Waals surface area contributed by atoms with Gasteiger partial charge in [-0.2, -0.15) is 0 Å². The van der Waals surface area contributed by atoms with Crippen molar-refractivity contribution in [3.05, 3.63) is 0 Å². The zero-order valence-electron chi connectivity index (χ0n) is 10.6. The van der Waals surface area contributed by atoms with Crippen LogP contribution in [0, 0.1) is 0 Å². The number of nitrogens with one attached hydrogen (secondary N) is 1. The third kappa shape index (κ3) is 5.55. The van der Waals surface area contributed by atoms with Gasteiger partial charge in [0.15, 0.2) is 8.68 Å². The first-order chi connectivity index (χ1) is 8.67. The Hall–Kier alpha value is -0.310. The topological polar surface area (TPSA) is 64.1 Å². The molecule has 1 atom stereocenters. The minimum Gasteiger partial charge on any atom is -0.383 e. The number of carbonyl (C=O) groups excluding carboxylic acids is 1. The quantitative estimate of drug-likeness (QED) is 0.584. The van der Waals surface area contributed by atoms with Crippen LogP contribution in [0.5, 0.6) is 0 Å². The van der Waals surface area contributed by atoms with E-state index in [1.807, 2.05) is 6.92 Å². The van der Waals surface area contributed by atoms with Gasteiger partial charge in [-0.25, -0.2) is 0 Å². The Kier molecular flexibility index (Phi) is 7.64. The lowest BCUT2D eigenvalue weighted by Crippen LogP contribution is -2.33. The SMILES string of the molecule is CCSc1nnc(S[C@H](C)C(=O)NCCOC)s1. The van der Waals surface area contributed by atoms with Crippen LogP contribution >= 0.6 is 34.9 Å². The Bertz CT molecular complexity index is 373. The third-order valence-corrected chi connectivity index (χ3v) is 5.03. The van der Waals surface area contributed by atoms with Crippen molar-refractivity contribution in [3.8, 4) is 0 Å². The van der Waals surface area contributed by atoms with E-state index in [-0.39, 0.29) is 11.2 Å². The molecule has 1 aromatic heterocycles. The van der Waals surface area contributed by atoms with Gasteiger partial charge in [-0.1, -0.05) is 41.8 Å². The molecular weight excluding hydrogens is 290 g/mol. The van der Waals surface area contributed by atoms with E-state index in [4.69, 9.17) is 4.74 Å². The zero-order chi connectivity index (χ0) is 13.4. The molecule has 0 aliphatic carbocycles. The summed E-state index contributed by atoms with van der Waals surface area (Å²) in [4.78, 5) is 11.7. The summed E-state index contributed by atoms with van der Waals surface area (Å²) in [5, 5.41) is 10.7. The van der Waals surface area contributed by atoms with Crippen LogP contribution in [0.3, 0.4) is 0 Å². The molecule has 0 bridgehead atoms. The van der Waals surface area contributed by atoms with E-state index in [9.17, 15) is 4.79 Å². The molecule has 18 heavy (non-hydrogen) atoms. The lowest BCUT2D eigenvalue weighted by Gasteiger charge is -2.09. The van der Waals surface area contributed by atoms with E-state index >= 15 is 0 Å². The number of amides is 1. The minimum absolute atomic E-state index is 0.00283. The monoisotopic (exact) mass is 307 g/mol. The largest absolute Gasteiger partial charge is 0.383 e. The van der Waals surface area contributed by atoms with Crippen LogP contribution in [-0.4, -0.2) is 47.4 Å². The van der Waals surface area contributed by atoms with Gasteiger partial charge < -0.3 is 10.1 Å². The van der Waals surface area contributed by atoms with Crippen LogP contribution < -0.4 is 5.32 Å². The van der Waals surface area contributed by atoms with Gasteiger partial charge in [0.25, 0.3) is 0 Å². The predicted molar refractivity (Wildman–Crippen MR) is 76.5 cm³/mol. The second-order valence-corrected chi connectivity index (χ2v) is 7.39. The Morgan fingerprint density at radius 3 is 2.89 bits per heavy atom. The second-order valence-electron chi connectivity index (χ2n) is 3.31. The lowest BCUT2D eigenvalue weighted by atomic mass is 10.4. The lowest BCUT2D eigenvalue weighted by molar-refractivity contribution is -0.120. The number of carbonyl (C=O) groups is 1. The highest BCUT2D eigenvalue weighted by atomic mass is 32.2. The Morgan fingerprint density at radius 2 is 2.22 bits per heavy atom. The molecule has 5 nitrogen and oxygen atoms in total. The van der Waals surface area contributed by atoms with Crippen LogP contribution in [0.4, 0.5) is 0 Å². The van der Waals surface area contributed by atoms with Gasteiger partial charge >= 0.3 is 0 Å². The number of nitrogens with zero attached hydrogens (tertiary/aromatic N) is 2. The fourth-order valence-corrected chi connectivity index (χ4v) is 4.14. The van der Waals surface area contributed by atoms with Gasteiger partial charge in [0.2, 0.25) is 5.91 Å². The van der Waals surface area contributed by atoms with Gasteiger partial charge in [-0.15, -0.1) is 10.2 Å². The van der Waals surface area contributed by atoms with Crippen molar-refractivity contribution in [2.24, 2.45) is 0 Å². The van der Waals surface area contributed by atoms with Crippen LogP contribution in [0.1, 0.15) is 13.8 Å². The maximum atomic E-state index is 11.7. The summed E-state index contributed by atoms with van der Waals surface area (Å²) in [6.07, 6.45) is 0. The fraction of sp³-hybridized carbons (Fsp3) is 0.700. The molecule has 102 valence electrons. The molecule has 0 radical (unpaired) electrons. The number of rotatable bonds is 8. The van der Waals surface area contributed by atoms with E-state index < -0.39 is 0 Å². The fourth-order valence-electron chi connectivity index (χ4n) is 1.05. The van der Waals surface area contributed by atoms with Crippen molar-refractivity contribution in [1.82, 2.24) is 15.5 Å². The smallest absolute Gasteiger partial charge is 0.233 e. The molecule has 1 amide bonds. The van der Waals surface area contributed by atoms with E-state index in [1.165, 1.54) is 23.1 Å². The molecule has 0 unspecified atom stereocenters. The second kappa shape index (κ2) is 8.73. The number of ether oxygens (including phenoxy) is 1.